The van der Waals surface area contributed by atoms with Crippen molar-refractivity contribution >= 4 is 5.69 Å². The predicted octanol–water partition coefficient (Wildman–Crippen LogP) is 3.71. The van der Waals surface area contributed by atoms with Crippen molar-refractivity contribution in [2.24, 2.45) is 10.2 Å². The fourth-order valence-electron chi connectivity index (χ4n) is 0.737. The van der Waals surface area contributed by atoms with Gasteiger partial charge in [-0.3, -0.25) is 0 Å². The third-order valence-corrected chi connectivity index (χ3v) is 1.25. The minimum absolute atomic E-state index is 0.202. The van der Waals surface area contributed by atoms with Gasteiger partial charge in [-0.15, -0.1) is 18.3 Å². The fourth-order valence-corrected chi connectivity index (χ4v) is 0.737. The van der Waals surface area contributed by atoms with Crippen LogP contribution in [0.25, 0.3) is 0 Å². The fraction of sp³-hybridized carbons (Fsp3) is 0.143. The number of rotatable bonds is 1. The van der Waals surface area contributed by atoms with Crippen LogP contribution in [0.3, 0.4) is 0 Å². The van der Waals surface area contributed by atoms with E-state index in [1.54, 1.807) is 5.11 Å². The smallest absolute Gasteiger partial charge is 0.207 e. The minimum Gasteiger partial charge on any atom is -0.207 e. The second kappa shape index (κ2) is 3.87. The van der Waals surface area contributed by atoms with Gasteiger partial charge in [0.15, 0.2) is 17.3 Å². The summed E-state index contributed by atoms with van der Waals surface area (Å²) in [7, 11) is 0. The van der Waals surface area contributed by atoms with Gasteiger partial charge in [0.25, 0.3) is 0 Å². The molecule has 15 heavy (non-hydrogen) atoms. The summed E-state index contributed by atoms with van der Waals surface area (Å²) in [6.07, 6.45) is -5.03. The maximum atomic E-state index is 12.7. The summed E-state index contributed by atoms with van der Waals surface area (Å²) in [5.41, 5.74) is -1.28. The van der Waals surface area contributed by atoms with Crippen LogP contribution in [0.2, 0.25) is 0 Å². The molecule has 2 nitrogen and oxygen atoms in total. The third-order valence-electron chi connectivity index (χ3n) is 1.25. The summed E-state index contributed by atoms with van der Waals surface area (Å²) in [6, 6.07) is 0.404. The molecular weight excluding hydrogens is 226 g/mol. The van der Waals surface area contributed by atoms with E-state index in [4.69, 9.17) is 0 Å². The van der Waals surface area contributed by atoms with Crippen LogP contribution in [0.1, 0.15) is 0 Å². The highest BCUT2D eigenvalue weighted by Gasteiger charge is 2.27. The lowest BCUT2D eigenvalue weighted by atomic mass is 10.3. The summed E-state index contributed by atoms with van der Waals surface area (Å²) in [6.45, 7) is 0. The van der Waals surface area contributed by atoms with Crippen molar-refractivity contribution in [1.82, 2.24) is 0 Å². The number of hydrogen-bond donors (Lipinski definition) is 0. The highest BCUT2D eigenvalue weighted by atomic mass is 19.4. The maximum Gasteiger partial charge on any atom is 0.521 e. The van der Waals surface area contributed by atoms with Crippen LogP contribution in [0, 0.1) is 17.5 Å². The summed E-state index contributed by atoms with van der Waals surface area (Å²) in [4.78, 5) is 0. The molecule has 8 heteroatoms. The highest BCUT2D eigenvalue weighted by molar-refractivity contribution is 5.39. The van der Waals surface area contributed by atoms with E-state index in [1.165, 1.54) is 0 Å². The Morgan fingerprint density at radius 2 is 1.40 bits per heavy atom. The molecule has 0 unspecified atom stereocenters. The molecular formula is C7H2F6N2. The van der Waals surface area contributed by atoms with E-state index >= 15 is 0 Å². The van der Waals surface area contributed by atoms with Crippen molar-refractivity contribution in [3.8, 4) is 0 Å². The highest BCUT2D eigenvalue weighted by Crippen LogP contribution is 2.26. The Bertz CT molecular complexity index is 374. The Kier molecular flexibility index (Phi) is 2.96. The van der Waals surface area contributed by atoms with E-state index in [2.05, 4.69) is 5.11 Å². The first kappa shape index (κ1) is 11.5. The molecule has 1 aromatic carbocycles. The Labute approximate surface area is 79.2 Å². The third kappa shape index (κ3) is 3.22. The first-order valence-electron chi connectivity index (χ1n) is 3.44. The van der Waals surface area contributed by atoms with E-state index in [0.717, 1.165) is 0 Å². The molecule has 0 aromatic heterocycles. The van der Waals surface area contributed by atoms with Crippen LogP contribution in [0.5, 0.6) is 0 Å². The zero-order valence-electron chi connectivity index (χ0n) is 6.82. The Morgan fingerprint density at radius 1 is 0.933 bits per heavy atom. The average molecular weight is 228 g/mol. The molecule has 1 rings (SSSR count). The second-order valence-corrected chi connectivity index (χ2v) is 2.39. The lowest BCUT2D eigenvalue weighted by Gasteiger charge is -1.99. The number of nitrogens with zero attached hydrogens (tertiary/aromatic N) is 2. The van der Waals surface area contributed by atoms with Crippen LogP contribution in [0.4, 0.5) is 32.0 Å². The minimum atomic E-state index is -5.03. The van der Waals surface area contributed by atoms with Crippen molar-refractivity contribution in [3.63, 3.8) is 0 Å². The monoisotopic (exact) mass is 228 g/mol. The van der Waals surface area contributed by atoms with Crippen LogP contribution < -0.4 is 0 Å². The topological polar surface area (TPSA) is 24.7 Å². The molecule has 0 aliphatic carbocycles. The SMILES string of the molecule is Fc1cc(F)c(N=NC(F)(F)F)c(F)c1. The van der Waals surface area contributed by atoms with Gasteiger partial charge in [-0.1, -0.05) is 5.11 Å². The first-order valence-corrected chi connectivity index (χ1v) is 3.44. The summed E-state index contributed by atoms with van der Waals surface area (Å²) >= 11 is 0. The zero-order chi connectivity index (χ0) is 11.6. The number of benzene rings is 1. The van der Waals surface area contributed by atoms with Crippen molar-refractivity contribution in [2.45, 2.75) is 6.30 Å². The zero-order valence-corrected chi connectivity index (χ0v) is 6.82. The average Bonchev–Trinajstić information content (AvgIpc) is 1.99. The van der Waals surface area contributed by atoms with Crippen LogP contribution >= 0.6 is 0 Å². The largest absolute Gasteiger partial charge is 0.521 e. The van der Waals surface area contributed by atoms with E-state index < -0.39 is 29.4 Å². The quantitative estimate of drug-likeness (QED) is 0.397. The van der Waals surface area contributed by atoms with E-state index in [1.807, 2.05) is 0 Å². The second-order valence-electron chi connectivity index (χ2n) is 2.39. The predicted molar refractivity (Wildman–Crippen MR) is 36.9 cm³/mol. The Morgan fingerprint density at radius 3 is 1.80 bits per heavy atom. The molecule has 1 aromatic rings. The van der Waals surface area contributed by atoms with Crippen molar-refractivity contribution in [3.05, 3.63) is 29.6 Å². The van der Waals surface area contributed by atoms with Crippen molar-refractivity contribution < 1.29 is 26.3 Å². The molecule has 0 aliphatic rings. The van der Waals surface area contributed by atoms with Crippen LogP contribution in [-0.2, 0) is 0 Å². The number of hydrogen-bond acceptors (Lipinski definition) is 2. The lowest BCUT2D eigenvalue weighted by molar-refractivity contribution is -0.125. The van der Waals surface area contributed by atoms with E-state index in [9.17, 15) is 26.3 Å². The van der Waals surface area contributed by atoms with E-state index in [0.29, 0.717) is 0 Å². The molecule has 0 N–H and O–H groups in total. The van der Waals surface area contributed by atoms with Gasteiger partial charge in [0.1, 0.15) is 5.82 Å². The van der Waals surface area contributed by atoms with Gasteiger partial charge >= 0.3 is 6.30 Å². The van der Waals surface area contributed by atoms with Gasteiger partial charge in [0.2, 0.25) is 0 Å². The van der Waals surface area contributed by atoms with Crippen LogP contribution in [-0.4, -0.2) is 6.30 Å². The van der Waals surface area contributed by atoms with Gasteiger partial charge in [-0.05, 0) is 0 Å². The number of alkyl halides is 3. The van der Waals surface area contributed by atoms with Crippen molar-refractivity contribution in [1.29, 1.82) is 0 Å². The molecule has 0 spiro atoms. The molecule has 0 amide bonds. The first-order chi connectivity index (χ1) is 6.79. The molecule has 0 fully saturated rings. The molecule has 0 saturated carbocycles. The lowest BCUT2D eigenvalue weighted by Crippen LogP contribution is -2.00. The molecule has 0 aliphatic heterocycles. The van der Waals surface area contributed by atoms with Gasteiger partial charge < -0.3 is 0 Å². The molecule has 0 heterocycles. The molecule has 82 valence electrons. The Hall–Kier alpha value is -1.60. The number of azo groups is 1. The Balaban J connectivity index is 3.11. The molecule has 0 saturated heterocycles. The molecule has 0 atom stereocenters. The normalized spacial score (nSPS) is 12.4. The van der Waals surface area contributed by atoms with Gasteiger partial charge in [-0.25, -0.2) is 13.2 Å². The summed E-state index contributed by atoms with van der Waals surface area (Å²) in [5.74, 6) is -4.36. The van der Waals surface area contributed by atoms with Gasteiger partial charge in [0, 0.05) is 12.1 Å². The molecule has 0 bridgehead atoms. The van der Waals surface area contributed by atoms with Crippen molar-refractivity contribution in [2.75, 3.05) is 0 Å². The molecule has 0 radical (unpaired) electrons. The van der Waals surface area contributed by atoms with Gasteiger partial charge in [-0.2, -0.15) is 0 Å². The maximum absolute atomic E-state index is 12.7. The van der Waals surface area contributed by atoms with Gasteiger partial charge in [0.05, 0.1) is 0 Å². The van der Waals surface area contributed by atoms with Crippen LogP contribution in [0.15, 0.2) is 22.4 Å². The summed E-state index contributed by atoms with van der Waals surface area (Å²) < 4.78 is 72.2. The van der Waals surface area contributed by atoms with E-state index in [-0.39, 0.29) is 12.1 Å². The number of halogens is 6. The summed E-state index contributed by atoms with van der Waals surface area (Å²) in [5, 5.41) is 4.00. The standard InChI is InChI=1S/C7H2F6N2/c8-3-1-4(9)6(5(10)2-3)14-15-7(11,12)13/h1-2H.